The van der Waals surface area contributed by atoms with Gasteiger partial charge < -0.3 is 9.47 Å². The number of halogens is 1. The Bertz CT molecular complexity index is 988. The van der Waals surface area contributed by atoms with E-state index in [0.717, 1.165) is 16.8 Å². The first-order chi connectivity index (χ1) is 12.7. The molecule has 0 radical (unpaired) electrons. The molecule has 0 atom stereocenters. The molecule has 3 rings (SSSR count). The quantitative estimate of drug-likeness (QED) is 0.543. The molecule has 0 bridgehead atoms. The molecule has 4 nitrogen and oxygen atoms in total. The number of hydrogen-bond acceptors (Lipinski definition) is 5. The molecule has 0 saturated heterocycles. The van der Waals surface area contributed by atoms with Crippen LogP contribution in [-0.4, -0.2) is 19.2 Å². The molecule has 0 spiro atoms. The summed E-state index contributed by atoms with van der Waals surface area (Å²) in [7, 11) is 3.15. The fourth-order valence-electron chi connectivity index (χ4n) is 2.47. The highest BCUT2D eigenvalue weighted by Crippen LogP contribution is 2.34. The summed E-state index contributed by atoms with van der Waals surface area (Å²) in [5.41, 5.74) is 2.97. The molecule has 130 valence electrons. The fourth-order valence-corrected chi connectivity index (χ4v) is 3.39. The van der Waals surface area contributed by atoms with Crippen LogP contribution in [0.3, 0.4) is 0 Å². The molecule has 0 unspecified atom stereocenters. The number of methoxy groups -OCH3 is 2. The molecular formula is C20H15ClN2O2S. The predicted octanol–water partition coefficient (Wildman–Crippen LogP) is 5.54. The Morgan fingerprint density at radius 2 is 1.92 bits per heavy atom. The number of nitrogens with zero attached hydrogens (tertiary/aromatic N) is 2. The molecule has 3 aromatic rings. The standard InChI is InChI=1S/C20H15ClN2O2S/c1-24-18-5-3-4-14(19(18)25-2)10-15(11-22)20-23-17(12-26-20)13-6-8-16(21)9-7-13/h3-10,12H,1-2H3. The van der Waals surface area contributed by atoms with Gasteiger partial charge in [-0.3, -0.25) is 0 Å². The SMILES string of the molecule is COc1cccc(C=C(C#N)c2nc(-c3ccc(Cl)cc3)cs2)c1OC. The van der Waals surface area contributed by atoms with Crippen molar-refractivity contribution in [3.8, 4) is 28.8 Å². The minimum absolute atomic E-state index is 0.460. The van der Waals surface area contributed by atoms with Crippen LogP contribution < -0.4 is 9.47 Å². The molecule has 26 heavy (non-hydrogen) atoms. The number of nitriles is 1. The summed E-state index contributed by atoms with van der Waals surface area (Å²) in [5.74, 6) is 1.19. The molecule has 0 amide bonds. The maximum atomic E-state index is 9.61. The van der Waals surface area contributed by atoms with E-state index in [0.29, 0.717) is 27.1 Å². The van der Waals surface area contributed by atoms with Crippen LogP contribution in [0.25, 0.3) is 22.9 Å². The normalized spacial score (nSPS) is 11.1. The first kappa shape index (κ1) is 18.0. The summed E-state index contributed by atoms with van der Waals surface area (Å²) in [4.78, 5) is 4.59. The average molecular weight is 383 g/mol. The topological polar surface area (TPSA) is 55.1 Å². The van der Waals surface area contributed by atoms with Crippen molar-refractivity contribution < 1.29 is 9.47 Å². The molecular weight excluding hydrogens is 368 g/mol. The Hall–Kier alpha value is -2.81. The third-order valence-corrected chi connectivity index (χ3v) is 4.86. The molecule has 1 heterocycles. The first-order valence-corrected chi connectivity index (χ1v) is 8.96. The van der Waals surface area contributed by atoms with E-state index in [1.807, 2.05) is 47.8 Å². The van der Waals surface area contributed by atoms with Gasteiger partial charge in [-0.15, -0.1) is 11.3 Å². The smallest absolute Gasteiger partial charge is 0.167 e. The Labute approximate surface area is 160 Å². The first-order valence-electron chi connectivity index (χ1n) is 7.71. The van der Waals surface area contributed by atoms with Crippen molar-refractivity contribution in [3.63, 3.8) is 0 Å². The molecule has 0 aliphatic heterocycles. The van der Waals surface area contributed by atoms with Crippen LogP contribution >= 0.6 is 22.9 Å². The summed E-state index contributed by atoms with van der Waals surface area (Å²) in [6, 6.07) is 15.2. The molecule has 1 aromatic heterocycles. The number of ether oxygens (including phenoxy) is 2. The van der Waals surface area contributed by atoms with Gasteiger partial charge in [0.05, 0.1) is 25.5 Å². The van der Waals surface area contributed by atoms with E-state index in [1.165, 1.54) is 11.3 Å². The van der Waals surface area contributed by atoms with Crippen LogP contribution in [0.2, 0.25) is 5.02 Å². The summed E-state index contributed by atoms with van der Waals surface area (Å²) >= 11 is 7.35. The highest BCUT2D eigenvalue weighted by Gasteiger charge is 2.12. The van der Waals surface area contributed by atoms with Gasteiger partial charge in [0.15, 0.2) is 11.5 Å². The average Bonchev–Trinajstić information content (AvgIpc) is 3.16. The lowest BCUT2D eigenvalue weighted by Crippen LogP contribution is -1.93. The third-order valence-electron chi connectivity index (χ3n) is 3.73. The highest BCUT2D eigenvalue weighted by molar-refractivity contribution is 7.11. The van der Waals surface area contributed by atoms with Gasteiger partial charge in [-0.05, 0) is 24.3 Å². The van der Waals surface area contributed by atoms with Gasteiger partial charge in [0.1, 0.15) is 11.1 Å². The van der Waals surface area contributed by atoms with E-state index in [4.69, 9.17) is 21.1 Å². The highest BCUT2D eigenvalue weighted by atomic mass is 35.5. The van der Waals surface area contributed by atoms with Crippen molar-refractivity contribution in [3.05, 3.63) is 63.4 Å². The van der Waals surface area contributed by atoms with E-state index in [2.05, 4.69) is 11.1 Å². The Morgan fingerprint density at radius 3 is 2.58 bits per heavy atom. The zero-order chi connectivity index (χ0) is 18.5. The summed E-state index contributed by atoms with van der Waals surface area (Å²) in [5, 5.41) is 12.8. The fraction of sp³-hybridized carbons (Fsp3) is 0.100. The minimum Gasteiger partial charge on any atom is -0.493 e. The molecule has 0 N–H and O–H groups in total. The second kappa shape index (κ2) is 8.05. The Morgan fingerprint density at radius 1 is 1.15 bits per heavy atom. The second-order valence-electron chi connectivity index (χ2n) is 5.30. The summed E-state index contributed by atoms with van der Waals surface area (Å²) in [6.07, 6.45) is 1.76. The molecule has 0 aliphatic carbocycles. The minimum atomic E-state index is 0.460. The number of para-hydroxylation sites is 1. The van der Waals surface area contributed by atoms with Crippen LogP contribution in [0.5, 0.6) is 11.5 Å². The van der Waals surface area contributed by atoms with Crippen LogP contribution in [0.1, 0.15) is 10.6 Å². The summed E-state index contributed by atoms with van der Waals surface area (Å²) < 4.78 is 10.7. The largest absolute Gasteiger partial charge is 0.493 e. The number of allylic oxidation sites excluding steroid dienone is 1. The molecule has 0 fully saturated rings. The third kappa shape index (κ3) is 3.72. The van der Waals surface area contributed by atoms with Crippen LogP contribution in [0.15, 0.2) is 47.8 Å². The van der Waals surface area contributed by atoms with E-state index in [1.54, 1.807) is 20.3 Å². The van der Waals surface area contributed by atoms with Gasteiger partial charge in [0.25, 0.3) is 0 Å². The van der Waals surface area contributed by atoms with Gasteiger partial charge in [0.2, 0.25) is 0 Å². The lowest BCUT2D eigenvalue weighted by Gasteiger charge is -2.10. The van der Waals surface area contributed by atoms with Crippen molar-refractivity contribution in [2.45, 2.75) is 0 Å². The van der Waals surface area contributed by atoms with Crippen LogP contribution in [0.4, 0.5) is 0 Å². The number of benzene rings is 2. The van der Waals surface area contributed by atoms with Crippen LogP contribution in [0, 0.1) is 11.3 Å². The molecule has 6 heteroatoms. The molecule has 0 aliphatic rings. The van der Waals surface area contributed by atoms with Crippen molar-refractivity contribution in [2.75, 3.05) is 14.2 Å². The van der Waals surface area contributed by atoms with E-state index >= 15 is 0 Å². The van der Waals surface area contributed by atoms with Gasteiger partial charge >= 0.3 is 0 Å². The zero-order valence-corrected chi connectivity index (χ0v) is 15.8. The number of aromatic nitrogens is 1. The van der Waals surface area contributed by atoms with Gasteiger partial charge in [0, 0.05) is 21.5 Å². The van der Waals surface area contributed by atoms with Crippen molar-refractivity contribution >= 4 is 34.6 Å². The zero-order valence-electron chi connectivity index (χ0n) is 14.2. The molecule has 2 aromatic carbocycles. The maximum Gasteiger partial charge on any atom is 0.167 e. The van der Waals surface area contributed by atoms with Crippen molar-refractivity contribution in [1.29, 1.82) is 5.26 Å². The Balaban J connectivity index is 1.99. The number of thiazole rings is 1. The van der Waals surface area contributed by atoms with Crippen molar-refractivity contribution in [2.24, 2.45) is 0 Å². The monoisotopic (exact) mass is 382 g/mol. The lowest BCUT2D eigenvalue weighted by molar-refractivity contribution is 0.354. The number of rotatable bonds is 5. The van der Waals surface area contributed by atoms with Gasteiger partial charge in [-0.25, -0.2) is 4.98 Å². The van der Waals surface area contributed by atoms with Gasteiger partial charge in [-0.2, -0.15) is 5.26 Å². The Kier molecular flexibility index (Phi) is 5.57. The maximum absolute atomic E-state index is 9.61. The number of hydrogen-bond donors (Lipinski definition) is 0. The van der Waals surface area contributed by atoms with E-state index in [-0.39, 0.29) is 0 Å². The van der Waals surface area contributed by atoms with E-state index < -0.39 is 0 Å². The second-order valence-corrected chi connectivity index (χ2v) is 6.59. The van der Waals surface area contributed by atoms with Crippen molar-refractivity contribution in [1.82, 2.24) is 4.98 Å². The molecule has 0 saturated carbocycles. The van der Waals surface area contributed by atoms with E-state index in [9.17, 15) is 5.26 Å². The summed E-state index contributed by atoms with van der Waals surface area (Å²) in [6.45, 7) is 0. The predicted molar refractivity (Wildman–Crippen MR) is 106 cm³/mol. The lowest BCUT2D eigenvalue weighted by atomic mass is 10.1. The van der Waals surface area contributed by atoms with Crippen LogP contribution in [-0.2, 0) is 0 Å². The van der Waals surface area contributed by atoms with Gasteiger partial charge in [-0.1, -0.05) is 35.9 Å².